The lowest BCUT2D eigenvalue weighted by molar-refractivity contribution is 0.740. The number of nitrogens with one attached hydrogen (secondary N) is 2. The van der Waals surface area contributed by atoms with Crippen LogP contribution in [-0.4, -0.2) is 24.0 Å². The fourth-order valence-corrected chi connectivity index (χ4v) is 3.49. The van der Waals surface area contributed by atoms with Crippen molar-refractivity contribution in [2.45, 2.75) is 6.42 Å². The number of hydrogen-bond acceptors (Lipinski definition) is 6. The molecule has 0 amide bonds. The molecular weight excluding hydrogens is 332 g/mol. The first-order valence-electron chi connectivity index (χ1n) is 5.56. The smallest absolute Gasteiger partial charge is 0.197 e. The van der Waals surface area contributed by atoms with Gasteiger partial charge in [-0.2, -0.15) is 0 Å². The van der Waals surface area contributed by atoms with Crippen LogP contribution in [0.3, 0.4) is 0 Å². The van der Waals surface area contributed by atoms with Crippen molar-refractivity contribution in [1.29, 1.82) is 0 Å². The summed E-state index contributed by atoms with van der Waals surface area (Å²) in [5.41, 5.74) is 2.15. The first kappa shape index (κ1) is 12.1. The summed E-state index contributed by atoms with van der Waals surface area (Å²) in [6, 6.07) is 2.08. The summed E-state index contributed by atoms with van der Waals surface area (Å²) in [5.74, 6) is 0.827. The van der Waals surface area contributed by atoms with E-state index >= 15 is 0 Å². The molecule has 0 aromatic carbocycles. The second-order valence-electron chi connectivity index (χ2n) is 3.81. The Morgan fingerprint density at radius 3 is 3.00 bits per heavy atom. The Labute approximate surface area is 121 Å². The molecule has 0 aliphatic carbocycles. The van der Waals surface area contributed by atoms with Crippen LogP contribution >= 0.6 is 38.6 Å². The standard InChI is InChI=1S/C11H11BrN4S2/c12-9-4-7(5-17-9)8-6-18-11(15-8)16-10-13-2-1-3-14-10/h4-6H,1-3H2,(H2,13,14,15,16). The summed E-state index contributed by atoms with van der Waals surface area (Å²) < 4.78 is 1.12. The van der Waals surface area contributed by atoms with E-state index < -0.39 is 0 Å². The second kappa shape index (κ2) is 5.38. The highest BCUT2D eigenvalue weighted by molar-refractivity contribution is 9.11. The number of aromatic nitrogens is 1. The largest absolute Gasteiger partial charge is 0.356 e. The molecule has 0 radical (unpaired) electrons. The Balaban J connectivity index is 1.75. The average molecular weight is 343 g/mol. The van der Waals surface area contributed by atoms with E-state index in [1.165, 1.54) is 0 Å². The second-order valence-corrected chi connectivity index (χ2v) is 6.96. The number of thiazole rings is 1. The van der Waals surface area contributed by atoms with E-state index in [2.05, 4.69) is 53.4 Å². The van der Waals surface area contributed by atoms with Gasteiger partial charge < -0.3 is 10.6 Å². The molecule has 2 aromatic rings. The number of guanidine groups is 1. The molecule has 0 saturated carbocycles. The minimum absolute atomic E-state index is 0.827. The number of aliphatic imine (C=N–C) groups is 1. The van der Waals surface area contributed by atoms with E-state index in [-0.39, 0.29) is 0 Å². The molecule has 18 heavy (non-hydrogen) atoms. The van der Waals surface area contributed by atoms with Crippen molar-refractivity contribution in [1.82, 2.24) is 10.3 Å². The molecule has 7 heteroatoms. The maximum atomic E-state index is 4.56. The highest BCUT2D eigenvalue weighted by atomic mass is 79.9. The number of anilines is 1. The summed E-state index contributed by atoms with van der Waals surface area (Å²) in [7, 11) is 0. The number of hydrogen-bond donors (Lipinski definition) is 2. The predicted octanol–water partition coefficient (Wildman–Crippen LogP) is 3.40. The SMILES string of the molecule is Brc1cc(-c2csc(NC3=NCCCN3)n2)cs1. The third-order valence-electron chi connectivity index (χ3n) is 2.49. The molecule has 94 valence electrons. The van der Waals surface area contributed by atoms with Gasteiger partial charge in [-0.1, -0.05) is 0 Å². The monoisotopic (exact) mass is 342 g/mol. The molecule has 3 heterocycles. The number of nitrogens with zero attached hydrogens (tertiary/aromatic N) is 2. The van der Waals surface area contributed by atoms with Gasteiger partial charge in [-0.25, -0.2) is 4.98 Å². The van der Waals surface area contributed by atoms with Crippen LogP contribution in [-0.2, 0) is 0 Å². The minimum atomic E-state index is 0.827. The van der Waals surface area contributed by atoms with Gasteiger partial charge in [0.2, 0.25) is 0 Å². The van der Waals surface area contributed by atoms with E-state index in [0.29, 0.717) is 0 Å². The van der Waals surface area contributed by atoms with Crippen LogP contribution in [0.2, 0.25) is 0 Å². The Hall–Kier alpha value is -0.920. The molecule has 0 saturated heterocycles. The minimum Gasteiger partial charge on any atom is -0.356 e. The van der Waals surface area contributed by atoms with Gasteiger partial charge in [0.05, 0.1) is 9.48 Å². The van der Waals surface area contributed by atoms with E-state index in [4.69, 9.17) is 0 Å². The first-order valence-corrected chi connectivity index (χ1v) is 8.12. The molecule has 0 spiro atoms. The Morgan fingerprint density at radius 2 is 2.28 bits per heavy atom. The van der Waals surface area contributed by atoms with Crippen LogP contribution < -0.4 is 10.6 Å². The summed E-state index contributed by atoms with van der Waals surface area (Å²) in [6.07, 6.45) is 1.09. The third kappa shape index (κ3) is 2.73. The van der Waals surface area contributed by atoms with Gasteiger partial charge in [0, 0.05) is 29.4 Å². The summed E-state index contributed by atoms with van der Waals surface area (Å²) >= 11 is 6.73. The molecular formula is C11H11BrN4S2. The number of rotatable bonds is 2. The molecule has 1 aliphatic heterocycles. The molecule has 0 fully saturated rings. The highest BCUT2D eigenvalue weighted by Crippen LogP contribution is 2.31. The van der Waals surface area contributed by atoms with Gasteiger partial charge in [-0.15, -0.1) is 22.7 Å². The Kier molecular flexibility index (Phi) is 3.62. The van der Waals surface area contributed by atoms with Crippen molar-refractivity contribution >= 4 is 49.7 Å². The maximum absolute atomic E-state index is 4.56. The fourth-order valence-electron chi connectivity index (χ4n) is 1.63. The van der Waals surface area contributed by atoms with Crippen molar-refractivity contribution in [2.24, 2.45) is 4.99 Å². The lowest BCUT2D eigenvalue weighted by Crippen LogP contribution is -2.35. The zero-order valence-electron chi connectivity index (χ0n) is 9.44. The van der Waals surface area contributed by atoms with Crippen molar-refractivity contribution in [3.05, 3.63) is 20.6 Å². The molecule has 4 nitrogen and oxygen atoms in total. The normalized spacial score (nSPS) is 15.1. The molecule has 1 aliphatic rings. The summed E-state index contributed by atoms with van der Waals surface area (Å²) in [4.78, 5) is 8.93. The summed E-state index contributed by atoms with van der Waals surface area (Å²) in [5, 5.41) is 11.5. The molecule has 3 rings (SSSR count). The zero-order chi connectivity index (χ0) is 12.4. The van der Waals surface area contributed by atoms with Gasteiger partial charge in [0.25, 0.3) is 0 Å². The topological polar surface area (TPSA) is 49.3 Å². The third-order valence-corrected chi connectivity index (χ3v) is 4.75. The van der Waals surface area contributed by atoms with E-state index in [9.17, 15) is 0 Å². The maximum Gasteiger partial charge on any atom is 0.197 e. The van der Waals surface area contributed by atoms with Crippen molar-refractivity contribution < 1.29 is 0 Å². The van der Waals surface area contributed by atoms with Gasteiger partial charge in [0.1, 0.15) is 0 Å². The molecule has 2 N–H and O–H groups in total. The van der Waals surface area contributed by atoms with Crippen LogP contribution in [0.25, 0.3) is 11.3 Å². The van der Waals surface area contributed by atoms with Gasteiger partial charge >= 0.3 is 0 Å². The van der Waals surface area contributed by atoms with E-state index in [1.54, 1.807) is 22.7 Å². The molecule has 2 aromatic heterocycles. The van der Waals surface area contributed by atoms with Gasteiger partial charge in [-0.3, -0.25) is 4.99 Å². The lowest BCUT2D eigenvalue weighted by Gasteiger charge is -2.14. The average Bonchev–Trinajstić information content (AvgIpc) is 2.99. The van der Waals surface area contributed by atoms with Crippen LogP contribution in [0.15, 0.2) is 25.6 Å². The van der Waals surface area contributed by atoms with E-state index in [1.807, 2.05) is 0 Å². The lowest BCUT2D eigenvalue weighted by atomic mass is 10.3. The Bertz CT molecular complexity index is 575. The molecule has 0 atom stereocenters. The van der Waals surface area contributed by atoms with Gasteiger partial charge in [-0.05, 0) is 28.4 Å². The van der Waals surface area contributed by atoms with Crippen LogP contribution in [0, 0.1) is 0 Å². The predicted molar refractivity (Wildman–Crippen MR) is 81.7 cm³/mol. The van der Waals surface area contributed by atoms with Crippen molar-refractivity contribution in [3.8, 4) is 11.3 Å². The van der Waals surface area contributed by atoms with Crippen LogP contribution in [0.1, 0.15) is 6.42 Å². The first-order chi connectivity index (χ1) is 8.81. The summed E-state index contributed by atoms with van der Waals surface area (Å²) in [6.45, 7) is 1.85. The quantitative estimate of drug-likeness (QED) is 0.879. The van der Waals surface area contributed by atoms with E-state index in [0.717, 1.165) is 45.6 Å². The number of thiophene rings is 1. The highest BCUT2D eigenvalue weighted by Gasteiger charge is 2.09. The zero-order valence-corrected chi connectivity index (χ0v) is 12.7. The van der Waals surface area contributed by atoms with Gasteiger partial charge in [0.15, 0.2) is 11.1 Å². The fraction of sp³-hybridized carbons (Fsp3) is 0.273. The Morgan fingerprint density at radius 1 is 1.33 bits per heavy atom. The van der Waals surface area contributed by atoms with Crippen LogP contribution in [0.5, 0.6) is 0 Å². The van der Waals surface area contributed by atoms with Crippen LogP contribution in [0.4, 0.5) is 5.13 Å². The number of halogens is 1. The molecule has 0 bridgehead atoms. The van der Waals surface area contributed by atoms with Crippen molar-refractivity contribution in [2.75, 3.05) is 18.4 Å². The van der Waals surface area contributed by atoms with Crippen molar-refractivity contribution in [3.63, 3.8) is 0 Å². The molecule has 0 unspecified atom stereocenters.